The van der Waals surface area contributed by atoms with Gasteiger partial charge in [-0.05, 0) is 56.9 Å². The Morgan fingerprint density at radius 2 is 2.09 bits per heavy atom. The third-order valence-corrected chi connectivity index (χ3v) is 4.26. The summed E-state index contributed by atoms with van der Waals surface area (Å²) < 4.78 is 0. The highest BCUT2D eigenvalue weighted by Gasteiger charge is 2.23. The largest absolute Gasteiger partial charge is 0.370 e. The van der Waals surface area contributed by atoms with Gasteiger partial charge >= 0.3 is 0 Å². The number of benzene rings is 1. The molecule has 0 aliphatic carbocycles. The molecule has 1 aromatic heterocycles. The van der Waals surface area contributed by atoms with Gasteiger partial charge in [-0.2, -0.15) is 0 Å². The van der Waals surface area contributed by atoms with Gasteiger partial charge < -0.3 is 15.1 Å². The second-order valence-corrected chi connectivity index (χ2v) is 6.03. The van der Waals surface area contributed by atoms with E-state index in [0.29, 0.717) is 11.6 Å². The maximum absolute atomic E-state index is 12.1. The molecule has 0 saturated carbocycles. The minimum Gasteiger partial charge on any atom is -0.370 e. The van der Waals surface area contributed by atoms with Crippen LogP contribution >= 0.6 is 0 Å². The molecule has 1 atom stereocenters. The summed E-state index contributed by atoms with van der Waals surface area (Å²) in [6.45, 7) is 2.12. The molecule has 1 radical (unpaired) electrons. The SMILES string of the molecule is CN(C)C1CCN(c2ccc(NC(=O)c3cc[c]nc3)cc2)C1. The van der Waals surface area contributed by atoms with Crippen molar-refractivity contribution in [3.63, 3.8) is 0 Å². The number of likely N-dealkylation sites (N-methyl/N-ethyl adjacent to an activating group) is 1. The molecule has 5 nitrogen and oxygen atoms in total. The second-order valence-electron chi connectivity index (χ2n) is 6.03. The molecule has 1 N–H and O–H groups in total. The summed E-state index contributed by atoms with van der Waals surface area (Å²) >= 11 is 0. The molecule has 0 bridgehead atoms. The zero-order valence-corrected chi connectivity index (χ0v) is 13.5. The fourth-order valence-corrected chi connectivity index (χ4v) is 2.81. The number of pyridine rings is 1. The number of nitrogens with one attached hydrogen (secondary N) is 1. The number of hydrogen-bond donors (Lipinski definition) is 1. The van der Waals surface area contributed by atoms with Gasteiger partial charge in [0.25, 0.3) is 5.91 Å². The Morgan fingerprint density at radius 1 is 1.30 bits per heavy atom. The van der Waals surface area contributed by atoms with Crippen LogP contribution in [-0.2, 0) is 0 Å². The smallest absolute Gasteiger partial charge is 0.257 e. The van der Waals surface area contributed by atoms with Crippen LogP contribution < -0.4 is 10.2 Å². The van der Waals surface area contributed by atoms with Crippen LogP contribution in [0.5, 0.6) is 0 Å². The molecule has 1 fully saturated rings. The number of amides is 1. The lowest BCUT2D eigenvalue weighted by Crippen LogP contribution is -2.31. The van der Waals surface area contributed by atoms with Crippen LogP contribution in [0.15, 0.2) is 42.6 Å². The number of carbonyl (C=O) groups excluding carboxylic acids is 1. The van der Waals surface area contributed by atoms with Crippen molar-refractivity contribution in [2.24, 2.45) is 0 Å². The van der Waals surface area contributed by atoms with E-state index in [1.165, 1.54) is 18.3 Å². The molecule has 2 heterocycles. The normalized spacial score (nSPS) is 17.5. The van der Waals surface area contributed by atoms with E-state index >= 15 is 0 Å². The molecule has 5 heteroatoms. The van der Waals surface area contributed by atoms with E-state index in [9.17, 15) is 4.79 Å². The number of rotatable bonds is 4. The standard InChI is InChI=1S/C18H21N4O/c1-21(2)17-9-11-22(13-17)16-7-5-15(6-8-16)20-18(23)14-4-3-10-19-12-14/h3-8,12,17H,9,11,13H2,1-2H3,(H,20,23). The van der Waals surface area contributed by atoms with E-state index in [2.05, 4.69) is 52.5 Å². The molecular formula is C18H21N4O. The summed E-state index contributed by atoms with van der Waals surface area (Å²) in [6.07, 6.45) is 5.36. The first-order chi connectivity index (χ1) is 11.1. The Labute approximate surface area is 136 Å². The fraction of sp³-hybridized carbons (Fsp3) is 0.333. The van der Waals surface area contributed by atoms with E-state index in [4.69, 9.17) is 0 Å². The van der Waals surface area contributed by atoms with Gasteiger partial charge in [0.15, 0.2) is 0 Å². The van der Waals surface area contributed by atoms with Gasteiger partial charge in [0.05, 0.1) is 11.8 Å². The predicted molar refractivity (Wildman–Crippen MR) is 91.8 cm³/mol. The van der Waals surface area contributed by atoms with Crippen molar-refractivity contribution >= 4 is 17.3 Å². The molecule has 119 valence electrons. The molecule has 2 aromatic rings. The molecule has 1 amide bonds. The van der Waals surface area contributed by atoms with Crippen molar-refractivity contribution in [2.75, 3.05) is 37.4 Å². The molecule has 3 rings (SSSR count). The predicted octanol–water partition coefficient (Wildman–Crippen LogP) is 2.27. The van der Waals surface area contributed by atoms with Crippen molar-refractivity contribution in [1.29, 1.82) is 0 Å². The summed E-state index contributed by atoms with van der Waals surface area (Å²) in [5.41, 5.74) is 2.51. The summed E-state index contributed by atoms with van der Waals surface area (Å²) in [4.78, 5) is 20.6. The van der Waals surface area contributed by atoms with Crippen molar-refractivity contribution in [1.82, 2.24) is 9.88 Å². The quantitative estimate of drug-likeness (QED) is 0.941. The minimum atomic E-state index is -0.159. The van der Waals surface area contributed by atoms with Gasteiger partial charge in [0.2, 0.25) is 0 Å². The average molecular weight is 309 g/mol. The highest BCUT2D eigenvalue weighted by Crippen LogP contribution is 2.24. The Balaban J connectivity index is 1.63. The Hall–Kier alpha value is -2.40. The summed E-state index contributed by atoms with van der Waals surface area (Å²) in [7, 11) is 4.26. The van der Waals surface area contributed by atoms with Gasteiger partial charge in [0.1, 0.15) is 0 Å². The number of carbonyl (C=O) groups is 1. The average Bonchev–Trinajstić information content (AvgIpc) is 3.07. The Kier molecular flexibility index (Phi) is 4.57. The van der Waals surface area contributed by atoms with Gasteiger partial charge in [-0.1, -0.05) is 0 Å². The van der Waals surface area contributed by atoms with Crippen LogP contribution in [0.4, 0.5) is 11.4 Å². The van der Waals surface area contributed by atoms with Crippen LogP contribution in [-0.4, -0.2) is 49.0 Å². The first kappa shape index (κ1) is 15.5. The van der Waals surface area contributed by atoms with Crippen molar-refractivity contribution in [2.45, 2.75) is 12.5 Å². The first-order valence-electron chi connectivity index (χ1n) is 7.78. The summed E-state index contributed by atoms with van der Waals surface area (Å²) in [6, 6.07) is 11.9. The molecule has 1 aliphatic heterocycles. The van der Waals surface area contributed by atoms with Gasteiger partial charge in [-0.15, -0.1) is 0 Å². The molecule has 1 aliphatic rings. The monoisotopic (exact) mass is 309 g/mol. The van der Waals surface area contributed by atoms with E-state index in [0.717, 1.165) is 18.8 Å². The van der Waals surface area contributed by atoms with E-state index in [1.807, 2.05) is 12.1 Å². The maximum atomic E-state index is 12.1. The lowest BCUT2D eigenvalue weighted by Gasteiger charge is -2.22. The highest BCUT2D eigenvalue weighted by molar-refractivity contribution is 6.04. The number of nitrogens with zero attached hydrogens (tertiary/aromatic N) is 3. The number of hydrogen-bond acceptors (Lipinski definition) is 4. The third kappa shape index (κ3) is 3.68. The number of anilines is 2. The topological polar surface area (TPSA) is 48.5 Å². The number of aromatic nitrogens is 1. The van der Waals surface area contributed by atoms with Crippen LogP contribution in [0, 0.1) is 6.20 Å². The minimum absolute atomic E-state index is 0.159. The summed E-state index contributed by atoms with van der Waals surface area (Å²) in [5.74, 6) is -0.159. The zero-order chi connectivity index (χ0) is 16.2. The van der Waals surface area contributed by atoms with Gasteiger partial charge in [0, 0.05) is 36.7 Å². The van der Waals surface area contributed by atoms with E-state index in [1.54, 1.807) is 12.1 Å². The lowest BCUT2D eigenvalue weighted by atomic mass is 10.2. The Bertz CT molecular complexity index is 654. The maximum Gasteiger partial charge on any atom is 0.257 e. The van der Waals surface area contributed by atoms with E-state index < -0.39 is 0 Å². The summed E-state index contributed by atoms with van der Waals surface area (Å²) in [5, 5.41) is 2.88. The molecule has 23 heavy (non-hydrogen) atoms. The molecule has 1 saturated heterocycles. The van der Waals surface area contributed by atoms with Crippen molar-refractivity contribution in [3.05, 3.63) is 54.4 Å². The van der Waals surface area contributed by atoms with Crippen LogP contribution in [0.3, 0.4) is 0 Å². The van der Waals surface area contributed by atoms with Gasteiger partial charge in [-0.25, -0.2) is 0 Å². The third-order valence-electron chi connectivity index (χ3n) is 4.26. The van der Waals surface area contributed by atoms with E-state index in [-0.39, 0.29) is 5.91 Å². The zero-order valence-electron chi connectivity index (χ0n) is 13.5. The van der Waals surface area contributed by atoms with Gasteiger partial charge in [-0.3, -0.25) is 9.78 Å². The van der Waals surface area contributed by atoms with Crippen molar-refractivity contribution < 1.29 is 4.79 Å². The first-order valence-corrected chi connectivity index (χ1v) is 7.78. The fourth-order valence-electron chi connectivity index (χ4n) is 2.81. The second kappa shape index (κ2) is 6.79. The van der Waals surface area contributed by atoms with Crippen LogP contribution in [0.25, 0.3) is 0 Å². The highest BCUT2D eigenvalue weighted by atomic mass is 16.1. The Morgan fingerprint density at radius 3 is 2.70 bits per heavy atom. The molecular weight excluding hydrogens is 288 g/mol. The molecule has 1 unspecified atom stereocenters. The molecule has 0 spiro atoms. The van der Waals surface area contributed by atoms with Crippen molar-refractivity contribution in [3.8, 4) is 0 Å². The lowest BCUT2D eigenvalue weighted by molar-refractivity contribution is 0.102. The van der Waals surface area contributed by atoms with Crippen LogP contribution in [0.2, 0.25) is 0 Å². The van der Waals surface area contributed by atoms with Crippen LogP contribution in [0.1, 0.15) is 16.8 Å². The molecule has 1 aromatic carbocycles.